The summed E-state index contributed by atoms with van der Waals surface area (Å²) in [5, 5.41) is 25.4. The zero-order chi connectivity index (χ0) is 10.4. The van der Waals surface area contributed by atoms with E-state index < -0.39 is 5.41 Å². The molecule has 0 saturated heterocycles. The second-order valence-corrected chi connectivity index (χ2v) is 4.64. The largest absolute Gasteiger partial charge is 0.396 e. The number of thiophene rings is 1. The highest BCUT2D eigenvalue weighted by Crippen LogP contribution is 2.13. The highest BCUT2D eigenvalue weighted by molar-refractivity contribution is 7.07. The Hall–Kier alpha value is -0.420. The van der Waals surface area contributed by atoms with E-state index in [2.05, 4.69) is 16.8 Å². The second-order valence-electron chi connectivity index (χ2n) is 3.86. The Morgan fingerprint density at radius 2 is 2.14 bits per heavy atom. The van der Waals surface area contributed by atoms with Gasteiger partial charge in [0.1, 0.15) is 0 Å². The molecule has 80 valence electrons. The summed E-state index contributed by atoms with van der Waals surface area (Å²) in [7, 11) is 0. The van der Waals surface area contributed by atoms with Gasteiger partial charge in [0.25, 0.3) is 0 Å². The van der Waals surface area contributed by atoms with E-state index in [-0.39, 0.29) is 13.2 Å². The van der Waals surface area contributed by atoms with Gasteiger partial charge in [0.2, 0.25) is 0 Å². The van der Waals surface area contributed by atoms with Crippen LogP contribution >= 0.6 is 11.3 Å². The van der Waals surface area contributed by atoms with Crippen molar-refractivity contribution in [3.63, 3.8) is 0 Å². The van der Waals surface area contributed by atoms with Crippen LogP contribution in [-0.2, 0) is 6.54 Å². The number of nitrogens with one attached hydrogen (secondary N) is 1. The quantitative estimate of drug-likeness (QED) is 0.659. The average Bonchev–Trinajstić information content (AvgIpc) is 2.70. The van der Waals surface area contributed by atoms with E-state index in [0.29, 0.717) is 6.54 Å². The third kappa shape index (κ3) is 3.38. The third-order valence-electron chi connectivity index (χ3n) is 2.22. The maximum atomic E-state index is 9.04. The van der Waals surface area contributed by atoms with Gasteiger partial charge in [-0.3, -0.25) is 0 Å². The van der Waals surface area contributed by atoms with E-state index in [9.17, 15) is 0 Å². The van der Waals surface area contributed by atoms with Crippen LogP contribution in [0.1, 0.15) is 12.5 Å². The maximum Gasteiger partial charge on any atom is 0.0518 e. The predicted octanol–water partition coefficient (Wildman–Crippen LogP) is 0.829. The van der Waals surface area contributed by atoms with Crippen molar-refractivity contribution in [3.8, 4) is 0 Å². The molecule has 0 radical (unpaired) electrons. The molecule has 3 nitrogen and oxygen atoms in total. The normalized spacial score (nSPS) is 11.9. The monoisotopic (exact) mass is 215 g/mol. The summed E-state index contributed by atoms with van der Waals surface area (Å²) in [6.45, 7) is 3.27. The first kappa shape index (κ1) is 11.7. The lowest BCUT2D eigenvalue weighted by molar-refractivity contribution is 0.0695. The molecule has 0 aliphatic heterocycles. The summed E-state index contributed by atoms with van der Waals surface area (Å²) in [5.41, 5.74) is 0.823. The van der Waals surface area contributed by atoms with Gasteiger partial charge in [0.15, 0.2) is 0 Å². The average molecular weight is 215 g/mol. The molecule has 0 spiro atoms. The zero-order valence-electron chi connectivity index (χ0n) is 8.36. The summed E-state index contributed by atoms with van der Waals surface area (Å²) in [5.74, 6) is 0. The van der Waals surface area contributed by atoms with Gasteiger partial charge in [-0.1, -0.05) is 6.92 Å². The van der Waals surface area contributed by atoms with Crippen molar-refractivity contribution in [2.45, 2.75) is 13.5 Å². The molecule has 14 heavy (non-hydrogen) atoms. The van der Waals surface area contributed by atoms with Crippen molar-refractivity contribution in [3.05, 3.63) is 22.4 Å². The van der Waals surface area contributed by atoms with Crippen LogP contribution in [0.2, 0.25) is 0 Å². The molecule has 0 saturated carbocycles. The molecule has 0 atom stereocenters. The molecule has 1 heterocycles. The second kappa shape index (κ2) is 5.46. The van der Waals surface area contributed by atoms with Crippen molar-refractivity contribution in [1.29, 1.82) is 0 Å². The Morgan fingerprint density at radius 3 is 2.64 bits per heavy atom. The standard InChI is InChI=1S/C10H17NO2S/c1-10(7-12,8-13)6-11-4-9-2-3-14-5-9/h2-3,5,11-13H,4,6-8H2,1H3. The molecule has 1 aromatic heterocycles. The smallest absolute Gasteiger partial charge is 0.0518 e. The van der Waals surface area contributed by atoms with Gasteiger partial charge in [-0.05, 0) is 22.4 Å². The summed E-state index contributed by atoms with van der Waals surface area (Å²) in [6, 6.07) is 2.06. The number of rotatable bonds is 6. The molecule has 0 aliphatic carbocycles. The van der Waals surface area contributed by atoms with E-state index in [4.69, 9.17) is 10.2 Å². The van der Waals surface area contributed by atoms with E-state index in [0.717, 1.165) is 6.54 Å². The minimum atomic E-state index is -0.421. The van der Waals surface area contributed by atoms with E-state index in [1.165, 1.54) is 5.56 Å². The molecule has 0 aromatic carbocycles. The van der Waals surface area contributed by atoms with Crippen LogP contribution in [0.25, 0.3) is 0 Å². The van der Waals surface area contributed by atoms with Crippen LogP contribution in [0.15, 0.2) is 16.8 Å². The fraction of sp³-hybridized carbons (Fsp3) is 0.600. The SMILES string of the molecule is CC(CO)(CO)CNCc1ccsc1. The first-order chi connectivity index (χ1) is 6.70. The molecule has 4 heteroatoms. The topological polar surface area (TPSA) is 52.5 Å². The van der Waals surface area contributed by atoms with E-state index >= 15 is 0 Å². The Bertz CT molecular complexity index is 245. The van der Waals surface area contributed by atoms with Gasteiger partial charge < -0.3 is 15.5 Å². The molecular weight excluding hydrogens is 198 g/mol. The first-order valence-electron chi connectivity index (χ1n) is 4.64. The zero-order valence-corrected chi connectivity index (χ0v) is 9.18. The van der Waals surface area contributed by atoms with Crippen LogP contribution in [0.5, 0.6) is 0 Å². The number of hydrogen-bond acceptors (Lipinski definition) is 4. The molecule has 0 unspecified atom stereocenters. The van der Waals surface area contributed by atoms with Gasteiger partial charge in [0, 0.05) is 18.5 Å². The third-order valence-corrected chi connectivity index (χ3v) is 2.96. The minimum absolute atomic E-state index is 0.000136. The molecule has 0 aliphatic rings. The van der Waals surface area contributed by atoms with Crippen molar-refractivity contribution >= 4 is 11.3 Å². The van der Waals surface area contributed by atoms with Gasteiger partial charge in [-0.15, -0.1) is 0 Å². The fourth-order valence-corrected chi connectivity index (χ4v) is 1.73. The lowest BCUT2D eigenvalue weighted by atomic mass is 9.93. The highest BCUT2D eigenvalue weighted by atomic mass is 32.1. The Kier molecular flexibility index (Phi) is 4.54. The van der Waals surface area contributed by atoms with Crippen LogP contribution < -0.4 is 5.32 Å². The molecule has 3 N–H and O–H groups in total. The lowest BCUT2D eigenvalue weighted by Gasteiger charge is -2.24. The predicted molar refractivity (Wildman–Crippen MR) is 58.3 cm³/mol. The summed E-state index contributed by atoms with van der Waals surface area (Å²) >= 11 is 1.67. The molecule has 0 bridgehead atoms. The minimum Gasteiger partial charge on any atom is -0.396 e. The summed E-state index contributed by atoms with van der Waals surface area (Å²) in [4.78, 5) is 0. The first-order valence-corrected chi connectivity index (χ1v) is 5.58. The van der Waals surface area contributed by atoms with Crippen LogP contribution in [0.3, 0.4) is 0 Å². The van der Waals surface area contributed by atoms with Gasteiger partial charge in [-0.25, -0.2) is 0 Å². The Balaban J connectivity index is 2.27. The van der Waals surface area contributed by atoms with Crippen molar-refractivity contribution in [1.82, 2.24) is 5.32 Å². The lowest BCUT2D eigenvalue weighted by Crippen LogP contribution is -2.37. The van der Waals surface area contributed by atoms with Crippen LogP contribution in [-0.4, -0.2) is 30.0 Å². The van der Waals surface area contributed by atoms with E-state index in [1.54, 1.807) is 11.3 Å². The van der Waals surface area contributed by atoms with Crippen LogP contribution in [0, 0.1) is 5.41 Å². The molecular formula is C10H17NO2S. The van der Waals surface area contributed by atoms with Crippen molar-refractivity contribution < 1.29 is 10.2 Å². The number of hydrogen-bond donors (Lipinski definition) is 3. The maximum absolute atomic E-state index is 9.04. The van der Waals surface area contributed by atoms with Gasteiger partial charge >= 0.3 is 0 Å². The van der Waals surface area contributed by atoms with E-state index in [1.807, 2.05) is 12.3 Å². The number of aliphatic hydroxyl groups is 2. The molecule has 0 amide bonds. The number of aliphatic hydroxyl groups excluding tert-OH is 2. The summed E-state index contributed by atoms with van der Waals surface area (Å²) < 4.78 is 0. The van der Waals surface area contributed by atoms with Gasteiger partial charge in [0.05, 0.1) is 13.2 Å². The highest BCUT2D eigenvalue weighted by Gasteiger charge is 2.21. The Morgan fingerprint density at radius 1 is 1.43 bits per heavy atom. The van der Waals surface area contributed by atoms with Crippen molar-refractivity contribution in [2.24, 2.45) is 5.41 Å². The van der Waals surface area contributed by atoms with Crippen LogP contribution in [0.4, 0.5) is 0 Å². The Labute approximate surface area is 88.4 Å². The summed E-state index contributed by atoms with van der Waals surface area (Å²) in [6.07, 6.45) is 0. The van der Waals surface area contributed by atoms with Crippen molar-refractivity contribution in [2.75, 3.05) is 19.8 Å². The molecule has 0 fully saturated rings. The molecule has 1 rings (SSSR count). The fourth-order valence-electron chi connectivity index (χ4n) is 1.06. The van der Waals surface area contributed by atoms with Gasteiger partial charge in [-0.2, -0.15) is 11.3 Å². The molecule has 1 aromatic rings.